The third-order valence-electron chi connectivity index (χ3n) is 3.37. The Hall–Kier alpha value is -1.57. The SMILES string of the molecule is CCNC(=NCc1cc(-c2ccccc2)on1)NCCC(C)C.I. The summed E-state index contributed by atoms with van der Waals surface area (Å²) in [5.74, 6) is 2.26. The van der Waals surface area contributed by atoms with Crippen molar-refractivity contribution in [2.45, 2.75) is 33.7 Å². The fraction of sp³-hybridized carbons (Fsp3) is 0.444. The van der Waals surface area contributed by atoms with E-state index in [9.17, 15) is 0 Å². The van der Waals surface area contributed by atoms with Crippen LogP contribution in [0.5, 0.6) is 0 Å². The molecule has 0 atom stereocenters. The molecule has 2 rings (SSSR count). The molecule has 1 aromatic carbocycles. The molecule has 6 heteroatoms. The number of nitrogens with one attached hydrogen (secondary N) is 2. The third kappa shape index (κ3) is 6.90. The van der Waals surface area contributed by atoms with Gasteiger partial charge in [0.05, 0.1) is 6.54 Å². The van der Waals surface area contributed by atoms with Crippen LogP contribution in [0.1, 0.15) is 32.9 Å². The van der Waals surface area contributed by atoms with E-state index in [1.54, 1.807) is 0 Å². The number of aromatic nitrogens is 1. The second-order valence-corrected chi connectivity index (χ2v) is 5.85. The van der Waals surface area contributed by atoms with Crippen molar-refractivity contribution in [2.24, 2.45) is 10.9 Å². The zero-order chi connectivity index (χ0) is 16.5. The number of guanidine groups is 1. The van der Waals surface area contributed by atoms with Crippen molar-refractivity contribution in [2.75, 3.05) is 13.1 Å². The Morgan fingerprint density at radius 2 is 1.96 bits per heavy atom. The minimum Gasteiger partial charge on any atom is -0.357 e. The summed E-state index contributed by atoms with van der Waals surface area (Å²) in [5.41, 5.74) is 1.85. The molecular weight excluding hydrogens is 415 g/mol. The summed E-state index contributed by atoms with van der Waals surface area (Å²) in [7, 11) is 0. The second kappa shape index (κ2) is 11.1. The van der Waals surface area contributed by atoms with E-state index in [2.05, 4.69) is 41.6 Å². The van der Waals surface area contributed by atoms with Crippen LogP contribution in [0.3, 0.4) is 0 Å². The monoisotopic (exact) mass is 442 g/mol. The Labute approximate surface area is 161 Å². The number of rotatable bonds is 7. The molecule has 0 bridgehead atoms. The zero-order valence-electron chi connectivity index (χ0n) is 14.6. The van der Waals surface area contributed by atoms with Crippen LogP contribution < -0.4 is 10.6 Å². The first kappa shape index (κ1) is 20.5. The van der Waals surface area contributed by atoms with E-state index in [-0.39, 0.29) is 24.0 Å². The van der Waals surface area contributed by atoms with E-state index in [1.807, 2.05) is 36.4 Å². The van der Waals surface area contributed by atoms with Gasteiger partial charge in [0.2, 0.25) is 0 Å². The minimum absolute atomic E-state index is 0. The molecule has 0 saturated heterocycles. The lowest BCUT2D eigenvalue weighted by atomic mass is 10.1. The molecule has 0 aliphatic rings. The molecule has 0 radical (unpaired) electrons. The van der Waals surface area contributed by atoms with Crippen molar-refractivity contribution < 1.29 is 4.52 Å². The molecule has 1 heterocycles. The summed E-state index contributed by atoms with van der Waals surface area (Å²) in [6.45, 7) is 8.73. The van der Waals surface area contributed by atoms with E-state index < -0.39 is 0 Å². The first-order chi connectivity index (χ1) is 11.2. The number of hydrogen-bond acceptors (Lipinski definition) is 3. The molecule has 2 aromatic rings. The fourth-order valence-electron chi connectivity index (χ4n) is 2.11. The summed E-state index contributed by atoms with van der Waals surface area (Å²) in [5, 5.41) is 10.7. The van der Waals surface area contributed by atoms with Gasteiger partial charge in [0, 0.05) is 24.7 Å². The van der Waals surface area contributed by atoms with E-state index in [4.69, 9.17) is 4.52 Å². The molecule has 0 fully saturated rings. The van der Waals surface area contributed by atoms with Gasteiger partial charge in [-0.3, -0.25) is 0 Å². The van der Waals surface area contributed by atoms with Gasteiger partial charge in [0.15, 0.2) is 11.7 Å². The molecule has 0 aliphatic heterocycles. The maximum Gasteiger partial charge on any atom is 0.191 e. The van der Waals surface area contributed by atoms with Crippen molar-refractivity contribution in [3.05, 3.63) is 42.1 Å². The zero-order valence-corrected chi connectivity index (χ0v) is 16.9. The molecule has 0 saturated carbocycles. The van der Waals surface area contributed by atoms with Gasteiger partial charge in [-0.15, -0.1) is 24.0 Å². The fourth-order valence-corrected chi connectivity index (χ4v) is 2.11. The maximum atomic E-state index is 5.40. The lowest BCUT2D eigenvalue weighted by molar-refractivity contribution is 0.424. The predicted molar refractivity (Wildman–Crippen MR) is 110 cm³/mol. The van der Waals surface area contributed by atoms with E-state index in [0.29, 0.717) is 12.5 Å². The summed E-state index contributed by atoms with van der Waals surface area (Å²) in [6.07, 6.45) is 1.12. The van der Waals surface area contributed by atoms with Crippen LogP contribution in [0.4, 0.5) is 0 Å². The predicted octanol–water partition coefficient (Wildman–Crippen LogP) is 4.06. The van der Waals surface area contributed by atoms with Gasteiger partial charge in [-0.1, -0.05) is 49.3 Å². The van der Waals surface area contributed by atoms with Crippen molar-refractivity contribution in [1.82, 2.24) is 15.8 Å². The third-order valence-corrected chi connectivity index (χ3v) is 3.37. The lowest BCUT2D eigenvalue weighted by Gasteiger charge is -2.11. The van der Waals surface area contributed by atoms with Crippen LogP contribution in [0.2, 0.25) is 0 Å². The van der Waals surface area contributed by atoms with Gasteiger partial charge in [0.1, 0.15) is 5.69 Å². The number of aliphatic imine (C=N–C) groups is 1. The average Bonchev–Trinajstić information content (AvgIpc) is 3.02. The Bertz CT molecular complexity index is 610. The Kier molecular flexibility index (Phi) is 9.44. The van der Waals surface area contributed by atoms with Crippen LogP contribution in [0.15, 0.2) is 45.9 Å². The van der Waals surface area contributed by atoms with E-state index in [0.717, 1.165) is 42.5 Å². The molecular formula is C18H27IN4O. The van der Waals surface area contributed by atoms with Gasteiger partial charge in [-0.05, 0) is 19.3 Å². The summed E-state index contributed by atoms with van der Waals surface area (Å²) in [6, 6.07) is 11.9. The van der Waals surface area contributed by atoms with Gasteiger partial charge in [0.25, 0.3) is 0 Å². The highest BCUT2D eigenvalue weighted by Crippen LogP contribution is 2.19. The molecule has 0 unspecified atom stereocenters. The topological polar surface area (TPSA) is 62.5 Å². The molecule has 2 N–H and O–H groups in total. The standard InChI is InChI=1S/C18H26N4O.HI/c1-4-19-18(20-11-10-14(2)3)21-13-16-12-17(23-22-16)15-8-6-5-7-9-15;/h5-9,12,14H,4,10-11,13H2,1-3H3,(H2,19,20,21);1H. The smallest absolute Gasteiger partial charge is 0.191 e. The van der Waals surface area contributed by atoms with Crippen molar-refractivity contribution in [3.63, 3.8) is 0 Å². The van der Waals surface area contributed by atoms with Crippen molar-refractivity contribution >= 4 is 29.9 Å². The number of halogens is 1. The highest BCUT2D eigenvalue weighted by atomic mass is 127. The van der Waals surface area contributed by atoms with Gasteiger partial charge in [-0.2, -0.15) is 0 Å². The maximum absolute atomic E-state index is 5.40. The van der Waals surface area contributed by atoms with Crippen molar-refractivity contribution in [1.29, 1.82) is 0 Å². The quantitative estimate of drug-likeness (QED) is 0.386. The van der Waals surface area contributed by atoms with Crippen molar-refractivity contribution in [3.8, 4) is 11.3 Å². The van der Waals surface area contributed by atoms with E-state index >= 15 is 0 Å². The minimum atomic E-state index is 0. The molecule has 0 aliphatic carbocycles. The van der Waals surface area contributed by atoms with Gasteiger partial charge < -0.3 is 15.2 Å². The largest absolute Gasteiger partial charge is 0.357 e. The normalized spacial score (nSPS) is 11.2. The highest BCUT2D eigenvalue weighted by molar-refractivity contribution is 14.0. The van der Waals surface area contributed by atoms with Crippen LogP contribution in [-0.2, 0) is 6.54 Å². The number of nitrogens with zero attached hydrogens (tertiary/aromatic N) is 2. The molecule has 5 nitrogen and oxygen atoms in total. The highest BCUT2D eigenvalue weighted by Gasteiger charge is 2.06. The molecule has 24 heavy (non-hydrogen) atoms. The van der Waals surface area contributed by atoms with Crippen LogP contribution in [0, 0.1) is 5.92 Å². The van der Waals surface area contributed by atoms with Crippen LogP contribution >= 0.6 is 24.0 Å². The van der Waals surface area contributed by atoms with Crippen LogP contribution in [-0.4, -0.2) is 24.2 Å². The average molecular weight is 442 g/mol. The number of hydrogen-bond donors (Lipinski definition) is 2. The summed E-state index contributed by atoms with van der Waals surface area (Å²) >= 11 is 0. The van der Waals surface area contributed by atoms with Crippen LogP contribution in [0.25, 0.3) is 11.3 Å². The first-order valence-electron chi connectivity index (χ1n) is 8.22. The first-order valence-corrected chi connectivity index (χ1v) is 8.22. The number of benzene rings is 1. The molecule has 132 valence electrons. The Balaban J connectivity index is 0.00000288. The molecule has 1 aromatic heterocycles. The molecule has 0 amide bonds. The van der Waals surface area contributed by atoms with Gasteiger partial charge >= 0.3 is 0 Å². The van der Waals surface area contributed by atoms with Gasteiger partial charge in [-0.25, -0.2) is 4.99 Å². The Morgan fingerprint density at radius 3 is 2.62 bits per heavy atom. The lowest BCUT2D eigenvalue weighted by Crippen LogP contribution is -2.38. The Morgan fingerprint density at radius 1 is 1.21 bits per heavy atom. The second-order valence-electron chi connectivity index (χ2n) is 5.85. The molecule has 0 spiro atoms. The summed E-state index contributed by atoms with van der Waals surface area (Å²) in [4.78, 5) is 4.56. The summed E-state index contributed by atoms with van der Waals surface area (Å²) < 4.78 is 5.40. The van der Waals surface area contributed by atoms with E-state index in [1.165, 1.54) is 0 Å².